The van der Waals surface area contributed by atoms with Gasteiger partial charge >= 0.3 is 0 Å². The van der Waals surface area contributed by atoms with Crippen LogP contribution >= 0.6 is 37.2 Å². The molecule has 0 unspecified atom stereocenters. The van der Waals surface area contributed by atoms with Crippen molar-refractivity contribution in [3.63, 3.8) is 0 Å². The number of carbonyl (C=O) groups is 2. The summed E-state index contributed by atoms with van der Waals surface area (Å²) < 4.78 is 0. The highest BCUT2D eigenvalue weighted by atomic mass is 128. The van der Waals surface area contributed by atoms with E-state index < -0.39 is 0 Å². The maximum Gasteiger partial charge on any atom is 0.216 e. The Balaban J connectivity index is 0. The summed E-state index contributed by atoms with van der Waals surface area (Å²) in [5, 5.41) is 0. The average Bonchev–Trinajstić information content (AvgIpc) is 2.39. The van der Waals surface area contributed by atoms with E-state index in [0.29, 0.717) is 25.8 Å². The van der Waals surface area contributed by atoms with Crippen molar-refractivity contribution >= 4 is 50.1 Å². The summed E-state index contributed by atoms with van der Waals surface area (Å²) in [6.07, 6.45) is 1.82. The highest BCUT2D eigenvalue weighted by molar-refractivity contribution is 15.0. The molecule has 1 aromatic rings. The van der Waals surface area contributed by atoms with Crippen molar-refractivity contribution in [2.24, 2.45) is 0 Å². The Hall–Kier alpha value is -0.180. The van der Waals surface area contributed by atoms with E-state index in [1.54, 1.807) is 0 Å². The molecule has 0 heterocycles. The highest BCUT2D eigenvalue weighted by Gasteiger charge is 2.03. The third kappa shape index (κ3) is 7.24. The van der Waals surface area contributed by atoms with Gasteiger partial charge in [-0.05, 0) is 49.4 Å². The first-order valence-corrected chi connectivity index (χ1v) is 11.7. The third-order valence-corrected chi connectivity index (χ3v) is 2.92. The van der Waals surface area contributed by atoms with Gasteiger partial charge in [-0.3, -0.25) is 14.5 Å². The lowest BCUT2D eigenvalue weighted by atomic mass is 9.99. The number of hydrogen-bond donors (Lipinski definition) is 0. The summed E-state index contributed by atoms with van der Waals surface area (Å²) in [6, 6.07) is 4.21. The molecule has 0 saturated carbocycles. The smallest absolute Gasteiger partial charge is 0.216 e. The molecule has 0 aliphatic carbocycles. The number of nitrogens with zero attached hydrogens (tertiary/aromatic N) is 1. The van der Waals surface area contributed by atoms with Crippen LogP contribution in [0.25, 0.3) is 0 Å². The molecule has 5 heteroatoms. The van der Waals surface area contributed by atoms with Gasteiger partial charge in [0, 0.05) is 43.8 Å². The zero-order valence-corrected chi connectivity index (χ0v) is 15.1. The average molecular weight is 489 g/mol. The van der Waals surface area contributed by atoms with Crippen LogP contribution in [-0.2, 0) is 16.0 Å². The second-order valence-corrected chi connectivity index (χ2v) is 4.05. The van der Waals surface area contributed by atoms with E-state index in [-0.39, 0.29) is 7.43 Å². The van der Waals surface area contributed by atoms with Gasteiger partial charge in [0.25, 0.3) is 0 Å². The predicted octanol–water partition coefficient (Wildman–Crippen LogP) is 4.18. The van der Waals surface area contributed by atoms with Gasteiger partial charge in [-0.2, -0.15) is 0 Å². The maximum absolute atomic E-state index is 10.4. The fraction of sp³-hybridized carbons (Fsp3) is 0.429. The van der Waals surface area contributed by atoms with Gasteiger partial charge in [0.15, 0.2) is 0 Å². The van der Waals surface area contributed by atoms with E-state index in [1.165, 1.54) is 16.7 Å². The van der Waals surface area contributed by atoms with Crippen molar-refractivity contribution in [2.45, 2.75) is 34.6 Å². The molecule has 0 spiro atoms. The predicted molar refractivity (Wildman–Crippen MR) is 98.0 cm³/mol. The molecular weight excluding hydrogens is 468 g/mol. The summed E-state index contributed by atoms with van der Waals surface area (Å²) >= 11 is 4.24. The first kappa shape index (κ1) is 21.1. The molecule has 0 atom stereocenters. The maximum atomic E-state index is 10.4. The van der Waals surface area contributed by atoms with Crippen LogP contribution in [0, 0.1) is 20.8 Å². The number of benzene rings is 1. The summed E-state index contributed by atoms with van der Waals surface area (Å²) in [4.78, 5) is 22.0. The van der Waals surface area contributed by atoms with Crippen LogP contribution in [0.1, 0.15) is 29.7 Å². The molecule has 0 saturated heterocycles. The minimum absolute atomic E-state index is 0. The molecule has 0 N–H and O–H groups in total. The fourth-order valence-corrected chi connectivity index (χ4v) is 1.66. The lowest BCUT2D eigenvalue weighted by Gasteiger charge is -2.11. The van der Waals surface area contributed by atoms with E-state index in [1.807, 2.05) is 0 Å². The van der Waals surface area contributed by atoms with Crippen LogP contribution in [-0.4, -0.2) is 24.3 Å². The van der Waals surface area contributed by atoms with E-state index in [0.717, 1.165) is 10.5 Å². The van der Waals surface area contributed by atoms with Crippen LogP contribution in [0.4, 0.5) is 0 Å². The Morgan fingerprint density at radius 3 is 1.84 bits per heavy atom. The van der Waals surface area contributed by atoms with Crippen LogP contribution in [0.2, 0.25) is 0 Å². The quantitative estimate of drug-likeness (QED) is 0.460. The van der Waals surface area contributed by atoms with Crippen LogP contribution < -0.4 is 0 Å². The van der Waals surface area contributed by atoms with Crippen LogP contribution in [0.3, 0.4) is 0 Å². The first-order chi connectivity index (χ1) is 8.58. The second kappa shape index (κ2) is 11.6. The number of halogens is 2. The van der Waals surface area contributed by atoms with Crippen molar-refractivity contribution < 1.29 is 9.59 Å². The van der Waals surface area contributed by atoms with Gasteiger partial charge in [0.1, 0.15) is 0 Å². The van der Waals surface area contributed by atoms with Gasteiger partial charge in [-0.25, -0.2) is 0 Å². The minimum atomic E-state index is 0. The molecule has 0 aliphatic heterocycles. The minimum Gasteiger partial charge on any atom is -0.288 e. The molecule has 0 aromatic heterocycles. The Kier molecular flexibility index (Phi) is 12.9. The number of aryl methyl sites for hydroxylation is 2. The van der Waals surface area contributed by atoms with E-state index in [4.69, 9.17) is 0 Å². The lowest BCUT2D eigenvalue weighted by Crippen LogP contribution is -2.22. The third-order valence-electron chi connectivity index (χ3n) is 2.92. The SMILES string of the molecule is C.Cc1cc(CCN(C=O)C=O)cc(C)c1C.II. The molecule has 2 amide bonds. The Bertz CT molecular complexity index is 377. The van der Waals surface area contributed by atoms with Gasteiger partial charge in [-0.1, -0.05) is 19.6 Å². The summed E-state index contributed by atoms with van der Waals surface area (Å²) in [5.74, 6) is 0. The molecule has 1 rings (SSSR count). The van der Waals surface area contributed by atoms with Gasteiger partial charge in [0.05, 0.1) is 0 Å². The van der Waals surface area contributed by atoms with E-state index in [9.17, 15) is 9.59 Å². The first-order valence-electron chi connectivity index (χ1n) is 5.46. The van der Waals surface area contributed by atoms with E-state index in [2.05, 4.69) is 70.1 Å². The molecule has 3 nitrogen and oxygen atoms in total. The molecular formula is C14H21I2NO2. The van der Waals surface area contributed by atoms with Gasteiger partial charge < -0.3 is 0 Å². The zero-order chi connectivity index (χ0) is 14.1. The van der Waals surface area contributed by atoms with Crippen LogP contribution in [0.15, 0.2) is 12.1 Å². The molecule has 19 heavy (non-hydrogen) atoms. The summed E-state index contributed by atoms with van der Waals surface area (Å²) in [5.41, 5.74) is 4.96. The monoisotopic (exact) mass is 489 g/mol. The summed E-state index contributed by atoms with van der Waals surface area (Å²) in [7, 11) is 0. The number of amides is 2. The zero-order valence-electron chi connectivity index (χ0n) is 10.7. The molecule has 0 aliphatic rings. The molecule has 108 valence electrons. The number of hydrogen-bond acceptors (Lipinski definition) is 2. The number of carbonyl (C=O) groups excluding carboxylic acids is 2. The fourth-order valence-electron chi connectivity index (χ4n) is 1.66. The molecule has 0 radical (unpaired) electrons. The topological polar surface area (TPSA) is 37.4 Å². The highest BCUT2D eigenvalue weighted by Crippen LogP contribution is 2.15. The summed E-state index contributed by atoms with van der Waals surface area (Å²) in [6.45, 7) is 6.68. The standard InChI is InChI=1S/C13H17NO2.CH4.I2/c1-10-6-13(7-11(2)12(10)3)4-5-14(8-15)9-16;;1-2/h6-9H,4-5H2,1-3H3;1H4;. The molecule has 0 fully saturated rings. The lowest BCUT2D eigenvalue weighted by molar-refractivity contribution is -0.129. The van der Waals surface area contributed by atoms with Crippen molar-refractivity contribution in [1.82, 2.24) is 4.90 Å². The van der Waals surface area contributed by atoms with Crippen molar-refractivity contribution in [2.75, 3.05) is 6.54 Å². The molecule has 0 bridgehead atoms. The largest absolute Gasteiger partial charge is 0.288 e. The Labute approximate surface area is 139 Å². The van der Waals surface area contributed by atoms with Crippen molar-refractivity contribution in [3.05, 3.63) is 34.4 Å². The number of imide groups is 1. The van der Waals surface area contributed by atoms with Gasteiger partial charge in [0.2, 0.25) is 12.8 Å². The van der Waals surface area contributed by atoms with Gasteiger partial charge in [-0.15, -0.1) is 0 Å². The Morgan fingerprint density at radius 1 is 1.05 bits per heavy atom. The van der Waals surface area contributed by atoms with Crippen molar-refractivity contribution in [3.8, 4) is 0 Å². The Morgan fingerprint density at radius 2 is 1.47 bits per heavy atom. The number of rotatable bonds is 5. The second-order valence-electron chi connectivity index (χ2n) is 4.05. The van der Waals surface area contributed by atoms with Crippen LogP contribution in [0.5, 0.6) is 0 Å². The molecule has 1 aromatic carbocycles. The van der Waals surface area contributed by atoms with Crippen molar-refractivity contribution in [1.29, 1.82) is 0 Å². The normalized spacial score (nSPS) is 8.68. The van der Waals surface area contributed by atoms with E-state index >= 15 is 0 Å².